The van der Waals surface area contributed by atoms with E-state index in [-0.39, 0.29) is 18.1 Å². The molecule has 2 aromatic rings. The lowest BCUT2D eigenvalue weighted by Crippen LogP contribution is -2.08. The molecule has 21 heavy (non-hydrogen) atoms. The molecule has 112 valence electrons. The highest BCUT2D eigenvalue weighted by molar-refractivity contribution is 9.10. The Labute approximate surface area is 129 Å². The maximum Gasteiger partial charge on any atom is 0.341 e. The zero-order chi connectivity index (χ0) is 15.4. The lowest BCUT2D eigenvalue weighted by molar-refractivity contribution is 0.0424. The van der Waals surface area contributed by atoms with Crippen molar-refractivity contribution in [3.63, 3.8) is 0 Å². The number of halogens is 2. The number of benzene rings is 1. The van der Waals surface area contributed by atoms with Crippen molar-refractivity contribution >= 4 is 21.9 Å². The topological polar surface area (TPSA) is 65.2 Å². The van der Waals surface area contributed by atoms with Crippen molar-refractivity contribution < 1.29 is 18.4 Å². The lowest BCUT2D eigenvalue weighted by atomic mass is 10.1. The molecule has 0 aliphatic carbocycles. The van der Waals surface area contributed by atoms with Crippen LogP contribution >= 0.6 is 15.9 Å². The van der Waals surface area contributed by atoms with Gasteiger partial charge in [0.15, 0.2) is 12.4 Å². The van der Waals surface area contributed by atoms with Crippen molar-refractivity contribution in [3.8, 4) is 0 Å². The normalized spacial score (nSPS) is 10.9. The fourth-order valence-corrected chi connectivity index (χ4v) is 2.02. The Balaban J connectivity index is 1.97. The van der Waals surface area contributed by atoms with E-state index in [9.17, 15) is 9.18 Å². The zero-order valence-corrected chi connectivity index (χ0v) is 13.2. The molecule has 5 nitrogen and oxygen atoms in total. The number of hydrogen-bond donors (Lipinski definition) is 0. The van der Waals surface area contributed by atoms with E-state index >= 15 is 0 Å². The molecule has 7 heteroatoms. The molecule has 0 fully saturated rings. The molecular formula is C14H14BrFN2O3. The van der Waals surface area contributed by atoms with Crippen LogP contribution in [0.4, 0.5) is 4.39 Å². The van der Waals surface area contributed by atoms with Gasteiger partial charge in [-0.05, 0) is 24.1 Å². The summed E-state index contributed by atoms with van der Waals surface area (Å²) in [5.74, 6) is -0.278. The third-order valence-corrected chi connectivity index (χ3v) is 3.07. The fraction of sp³-hybridized carbons (Fsp3) is 0.357. The summed E-state index contributed by atoms with van der Waals surface area (Å²) in [5, 5.41) is 3.78. The minimum Gasteiger partial charge on any atom is -0.452 e. The molecule has 0 bridgehead atoms. The van der Waals surface area contributed by atoms with Gasteiger partial charge < -0.3 is 9.26 Å². The monoisotopic (exact) mass is 356 g/mol. The number of nitrogens with zero attached hydrogens (tertiary/aromatic N) is 2. The van der Waals surface area contributed by atoms with E-state index in [1.807, 2.05) is 13.8 Å². The summed E-state index contributed by atoms with van der Waals surface area (Å²) in [4.78, 5) is 15.9. The van der Waals surface area contributed by atoms with Crippen molar-refractivity contribution in [1.29, 1.82) is 0 Å². The van der Waals surface area contributed by atoms with Crippen molar-refractivity contribution in [2.24, 2.45) is 5.92 Å². The molecular weight excluding hydrogens is 343 g/mol. The molecule has 2 rings (SSSR count). The van der Waals surface area contributed by atoms with Crippen molar-refractivity contribution in [3.05, 3.63) is 45.8 Å². The summed E-state index contributed by atoms with van der Waals surface area (Å²) in [6.45, 7) is 3.88. The number of rotatable bonds is 5. The van der Waals surface area contributed by atoms with E-state index in [2.05, 4.69) is 26.1 Å². The number of hydrogen-bond acceptors (Lipinski definition) is 5. The van der Waals surface area contributed by atoms with Gasteiger partial charge in [-0.25, -0.2) is 9.18 Å². The Morgan fingerprint density at radius 3 is 2.95 bits per heavy atom. The van der Waals surface area contributed by atoms with Crippen LogP contribution in [0, 0.1) is 11.7 Å². The van der Waals surface area contributed by atoms with Gasteiger partial charge in [-0.3, -0.25) is 0 Å². The number of carbonyl (C=O) groups excluding carboxylic acids is 1. The molecule has 0 aliphatic heterocycles. The first-order chi connectivity index (χ1) is 9.95. The van der Waals surface area contributed by atoms with Gasteiger partial charge in [-0.1, -0.05) is 34.9 Å². The Kier molecular flexibility index (Phi) is 5.06. The smallest absolute Gasteiger partial charge is 0.341 e. The zero-order valence-electron chi connectivity index (χ0n) is 11.6. The molecule has 1 heterocycles. The summed E-state index contributed by atoms with van der Waals surface area (Å²) in [5.41, 5.74) is -0.147. The summed E-state index contributed by atoms with van der Waals surface area (Å²) in [6, 6.07) is 4.05. The van der Waals surface area contributed by atoms with E-state index in [0.717, 1.165) is 0 Å². The van der Waals surface area contributed by atoms with Gasteiger partial charge >= 0.3 is 5.97 Å². The molecule has 0 amide bonds. The van der Waals surface area contributed by atoms with Crippen LogP contribution < -0.4 is 0 Å². The first-order valence-electron chi connectivity index (χ1n) is 6.39. The van der Waals surface area contributed by atoms with E-state index < -0.39 is 11.8 Å². The second-order valence-corrected chi connectivity index (χ2v) is 5.82. The number of carbonyl (C=O) groups is 1. The standard InChI is InChI=1S/C14H14BrFN2O3/c1-8(2)5-12-17-13(21-18-12)7-20-14(19)10-6-9(15)3-4-11(10)16/h3-4,6,8H,5,7H2,1-2H3. The quantitative estimate of drug-likeness (QED) is 0.766. The van der Waals surface area contributed by atoms with Gasteiger partial charge in [0, 0.05) is 10.9 Å². The highest BCUT2D eigenvalue weighted by Crippen LogP contribution is 2.17. The highest BCUT2D eigenvalue weighted by Gasteiger charge is 2.16. The van der Waals surface area contributed by atoms with Gasteiger partial charge in [0.1, 0.15) is 5.82 Å². The largest absolute Gasteiger partial charge is 0.452 e. The second-order valence-electron chi connectivity index (χ2n) is 4.90. The van der Waals surface area contributed by atoms with E-state index in [0.29, 0.717) is 22.6 Å². The van der Waals surface area contributed by atoms with Gasteiger partial charge in [0.05, 0.1) is 5.56 Å². The van der Waals surface area contributed by atoms with Crippen LogP contribution in [0.1, 0.15) is 35.9 Å². The van der Waals surface area contributed by atoms with Crippen LogP contribution in [0.3, 0.4) is 0 Å². The number of aromatic nitrogens is 2. The summed E-state index contributed by atoms with van der Waals surface area (Å²) >= 11 is 3.17. The van der Waals surface area contributed by atoms with Crippen LogP contribution in [0.15, 0.2) is 27.2 Å². The number of ether oxygens (including phenoxy) is 1. The highest BCUT2D eigenvalue weighted by atomic mass is 79.9. The minimum atomic E-state index is -0.780. The Morgan fingerprint density at radius 1 is 1.48 bits per heavy atom. The maximum absolute atomic E-state index is 13.5. The first-order valence-corrected chi connectivity index (χ1v) is 7.18. The summed E-state index contributed by atoms with van der Waals surface area (Å²) in [7, 11) is 0. The van der Waals surface area contributed by atoms with Gasteiger partial charge in [-0.2, -0.15) is 4.98 Å². The van der Waals surface area contributed by atoms with Crippen LogP contribution in [-0.4, -0.2) is 16.1 Å². The van der Waals surface area contributed by atoms with Gasteiger partial charge in [-0.15, -0.1) is 0 Å². The Hall–Kier alpha value is -1.76. The molecule has 0 radical (unpaired) electrons. The van der Waals surface area contributed by atoms with E-state index in [1.165, 1.54) is 18.2 Å². The molecule has 0 spiro atoms. The molecule has 0 saturated carbocycles. The van der Waals surface area contributed by atoms with E-state index in [1.54, 1.807) is 0 Å². The van der Waals surface area contributed by atoms with Crippen LogP contribution in [-0.2, 0) is 17.8 Å². The van der Waals surface area contributed by atoms with Crippen molar-refractivity contribution in [1.82, 2.24) is 10.1 Å². The van der Waals surface area contributed by atoms with Crippen LogP contribution in [0.25, 0.3) is 0 Å². The van der Waals surface area contributed by atoms with Crippen molar-refractivity contribution in [2.75, 3.05) is 0 Å². The molecule has 0 unspecified atom stereocenters. The van der Waals surface area contributed by atoms with E-state index in [4.69, 9.17) is 9.26 Å². The molecule has 1 aromatic carbocycles. The average Bonchev–Trinajstić information content (AvgIpc) is 2.85. The third-order valence-electron chi connectivity index (χ3n) is 2.58. The molecule has 1 aromatic heterocycles. The van der Waals surface area contributed by atoms with Crippen LogP contribution in [0.5, 0.6) is 0 Å². The van der Waals surface area contributed by atoms with Gasteiger partial charge in [0.2, 0.25) is 0 Å². The summed E-state index contributed by atoms with van der Waals surface area (Å²) < 4.78 is 24.0. The summed E-state index contributed by atoms with van der Waals surface area (Å²) in [6.07, 6.45) is 0.678. The molecule has 0 atom stereocenters. The molecule has 0 N–H and O–H groups in total. The SMILES string of the molecule is CC(C)Cc1noc(COC(=O)c2cc(Br)ccc2F)n1. The molecule has 0 saturated heterocycles. The minimum absolute atomic E-state index is 0.147. The predicted octanol–water partition coefficient (Wildman–Crippen LogP) is 3.53. The first kappa shape index (κ1) is 15.6. The average molecular weight is 357 g/mol. The van der Waals surface area contributed by atoms with Crippen molar-refractivity contribution in [2.45, 2.75) is 26.9 Å². The third kappa shape index (κ3) is 4.35. The second kappa shape index (κ2) is 6.80. The number of esters is 1. The van der Waals surface area contributed by atoms with Crippen LogP contribution in [0.2, 0.25) is 0 Å². The Bertz CT molecular complexity index is 643. The Morgan fingerprint density at radius 2 is 2.24 bits per heavy atom. The fourth-order valence-electron chi connectivity index (χ4n) is 1.66. The lowest BCUT2D eigenvalue weighted by Gasteiger charge is -2.03. The van der Waals surface area contributed by atoms with Gasteiger partial charge in [0.25, 0.3) is 5.89 Å². The maximum atomic E-state index is 13.5. The predicted molar refractivity (Wildman–Crippen MR) is 76.1 cm³/mol. The molecule has 0 aliphatic rings.